The molecule has 28 heavy (non-hydrogen) atoms. The number of carbonyl (C=O) groups excluding carboxylic acids is 1. The number of aliphatic carboxylic acids is 1. The van der Waals surface area contributed by atoms with E-state index in [9.17, 15) is 9.59 Å². The van der Waals surface area contributed by atoms with E-state index in [1.54, 1.807) is 24.0 Å². The second kappa shape index (κ2) is 13.0. The minimum Gasteiger partial charge on any atom is -0.492 e. The van der Waals surface area contributed by atoms with Crippen LogP contribution in [-0.4, -0.2) is 61.6 Å². The minimum absolute atomic E-state index is 0.301. The van der Waals surface area contributed by atoms with Gasteiger partial charge < -0.3 is 24.2 Å². The maximum Gasteiger partial charge on any atom is 0.409 e. The number of rotatable bonds is 13. The molecule has 1 N–H and O–H groups in total. The molecule has 1 aromatic rings. The van der Waals surface area contributed by atoms with E-state index in [-0.39, 0.29) is 6.09 Å². The molecule has 1 rings (SSSR count). The van der Waals surface area contributed by atoms with Crippen molar-refractivity contribution in [2.45, 2.75) is 46.1 Å². The van der Waals surface area contributed by atoms with E-state index >= 15 is 0 Å². The maximum atomic E-state index is 12.0. The van der Waals surface area contributed by atoms with Crippen LogP contribution in [0.5, 0.6) is 5.75 Å². The van der Waals surface area contributed by atoms with Gasteiger partial charge in [-0.05, 0) is 30.5 Å². The number of ether oxygens (including phenoxy) is 3. The summed E-state index contributed by atoms with van der Waals surface area (Å²) in [5.41, 5.74) is 0.859. The standard InChI is InChI=1S/C21H33NO6/c1-5-16(6-2)15-22(21(25)26-4)12-13-28-18-10-8-17(9-11-18)14-19(20(23)24)27-7-3/h8-11,16,19H,5-7,12-15H2,1-4H3,(H,23,24). The number of hydrogen-bond acceptors (Lipinski definition) is 5. The van der Waals surface area contributed by atoms with Crippen molar-refractivity contribution in [2.24, 2.45) is 5.92 Å². The van der Waals surface area contributed by atoms with Crippen molar-refractivity contribution in [3.63, 3.8) is 0 Å². The highest BCUT2D eigenvalue weighted by Crippen LogP contribution is 2.15. The van der Waals surface area contributed by atoms with Gasteiger partial charge >= 0.3 is 12.1 Å². The van der Waals surface area contributed by atoms with Crippen LogP contribution >= 0.6 is 0 Å². The lowest BCUT2D eigenvalue weighted by Gasteiger charge is -2.25. The molecule has 0 aromatic heterocycles. The summed E-state index contributed by atoms with van der Waals surface area (Å²) in [5, 5.41) is 9.16. The van der Waals surface area contributed by atoms with E-state index in [1.807, 2.05) is 12.1 Å². The van der Waals surface area contributed by atoms with Crippen molar-refractivity contribution in [1.29, 1.82) is 0 Å². The van der Waals surface area contributed by atoms with E-state index in [2.05, 4.69) is 13.8 Å². The van der Waals surface area contributed by atoms with Crippen LogP contribution in [0.1, 0.15) is 39.2 Å². The molecule has 0 aliphatic carbocycles. The Balaban J connectivity index is 2.56. The molecule has 1 amide bonds. The van der Waals surface area contributed by atoms with Crippen LogP contribution in [0.3, 0.4) is 0 Å². The van der Waals surface area contributed by atoms with Crippen LogP contribution in [0.15, 0.2) is 24.3 Å². The number of hydrogen-bond donors (Lipinski definition) is 1. The molecule has 1 atom stereocenters. The Morgan fingerprint density at radius 1 is 1.11 bits per heavy atom. The van der Waals surface area contributed by atoms with Gasteiger partial charge in [-0.2, -0.15) is 0 Å². The molecule has 7 nitrogen and oxygen atoms in total. The Kier molecular flexibility index (Phi) is 11.0. The van der Waals surface area contributed by atoms with Gasteiger partial charge in [0.05, 0.1) is 13.7 Å². The number of methoxy groups -OCH3 is 1. The molecule has 0 fully saturated rings. The summed E-state index contributed by atoms with van der Waals surface area (Å²) >= 11 is 0. The van der Waals surface area contributed by atoms with Gasteiger partial charge in [0.15, 0.2) is 6.10 Å². The van der Waals surface area contributed by atoms with Gasteiger partial charge in [-0.25, -0.2) is 9.59 Å². The predicted molar refractivity (Wildman–Crippen MR) is 107 cm³/mol. The third-order valence-electron chi connectivity index (χ3n) is 4.68. The number of benzene rings is 1. The average Bonchev–Trinajstić information content (AvgIpc) is 2.70. The monoisotopic (exact) mass is 395 g/mol. The van der Waals surface area contributed by atoms with Crippen molar-refractivity contribution < 1.29 is 28.9 Å². The average molecular weight is 395 g/mol. The highest BCUT2D eigenvalue weighted by molar-refractivity contribution is 5.72. The molecule has 0 radical (unpaired) electrons. The zero-order valence-electron chi connectivity index (χ0n) is 17.3. The molecule has 158 valence electrons. The fourth-order valence-electron chi connectivity index (χ4n) is 2.87. The van der Waals surface area contributed by atoms with Gasteiger partial charge in [0, 0.05) is 19.6 Å². The van der Waals surface area contributed by atoms with Crippen LogP contribution in [0.4, 0.5) is 4.79 Å². The van der Waals surface area contributed by atoms with Gasteiger partial charge in [0.25, 0.3) is 0 Å². The second-order valence-electron chi connectivity index (χ2n) is 6.58. The molecular formula is C21H33NO6. The number of carboxylic acid groups (broad SMARTS) is 1. The van der Waals surface area contributed by atoms with Crippen LogP contribution in [-0.2, 0) is 20.7 Å². The summed E-state index contributed by atoms with van der Waals surface area (Å²) in [4.78, 5) is 24.8. The molecule has 0 aliphatic heterocycles. The molecule has 7 heteroatoms. The van der Waals surface area contributed by atoms with E-state index in [4.69, 9.17) is 19.3 Å². The van der Waals surface area contributed by atoms with E-state index < -0.39 is 12.1 Å². The van der Waals surface area contributed by atoms with Gasteiger partial charge in [-0.1, -0.05) is 38.8 Å². The summed E-state index contributed by atoms with van der Waals surface area (Å²) in [7, 11) is 1.38. The van der Waals surface area contributed by atoms with Gasteiger partial charge in [-0.3, -0.25) is 0 Å². The van der Waals surface area contributed by atoms with Crippen LogP contribution in [0.2, 0.25) is 0 Å². The SMILES string of the molecule is CCOC(Cc1ccc(OCCN(CC(CC)CC)C(=O)OC)cc1)C(=O)O. The molecule has 0 heterocycles. The third-order valence-corrected chi connectivity index (χ3v) is 4.68. The van der Waals surface area contributed by atoms with Gasteiger partial charge in [0.2, 0.25) is 0 Å². The van der Waals surface area contributed by atoms with Crippen LogP contribution < -0.4 is 4.74 Å². The molecule has 1 unspecified atom stereocenters. The Labute approximate surface area is 167 Å². The molecule has 0 saturated heterocycles. The van der Waals surface area contributed by atoms with Crippen molar-refractivity contribution in [2.75, 3.05) is 33.4 Å². The lowest BCUT2D eigenvalue weighted by molar-refractivity contribution is -0.149. The molecule has 0 bridgehead atoms. The number of nitrogens with zero attached hydrogens (tertiary/aromatic N) is 1. The number of carboxylic acids is 1. The lowest BCUT2D eigenvalue weighted by atomic mass is 10.0. The number of carbonyl (C=O) groups is 2. The highest BCUT2D eigenvalue weighted by Gasteiger charge is 2.19. The van der Waals surface area contributed by atoms with Crippen LogP contribution in [0.25, 0.3) is 0 Å². The topological polar surface area (TPSA) is 85.3 Å². The van der Waals surface area contributed by atoms with E-state index in [0.29, 0.717) is 44.4 Å². The number of amides is 1. The summed E-state index contributed by atoms with van der Waals surface area (Å²) in [6, 6.07) is 7.24. The van der Waals surface area contributed by atoms with Gasteiger partial charge in [0.1, 0.15) is 12.4 Å². The van der Waals surface area contributed by atoms with Crippen molar-refractivity contribution in [3.05, 3.63) is 29.8 Å². The molecule has 0 spiro atoms. The van der Waals surface area contributed by atoms with E-state index in [1.165, 1.54) is 7.11 Å². The second-order valence-corrected chi connectivity index (χ2v) is 6.58. The molecule has 0 saturated carbocycles. The van der Waals surface area contributed by atoms with E-state index in [0.717, 1.165) is 18.4 Å². The van der Waals surface area contributed by atoms with Crippen LogP contribution in [0, 0.1) is 5.92 Å². The third kappa shape index (κ3) is 8.17. The quantitative estimate of drug-likeness (QED) is 0.549. The first-order valence-corrected chi connectivity index (χ1v) is 9.84. The van der Waals surface area contributed by atoms with Crippen molar-refractivity contribution >= 4 is 12.1 Å². The smallest absolute Gasteiger partial charge is 0.409 e. The summed E-state index contributed by atoms with van der Waals surface area (Å²) in [5.74, 6) is 0.132. The first-order valence-electron chi connectivity index (χ1n) is 9.84. The maximum absolute atomic E-state index is 12.0. The van der Waals surface area contributed by atoms with Crippen molar-refractivity contribution in [1.82, 2.24) is 4.90 Å². The Morgan fingerprint density at radius 3 is 2.25 bits per heavy atom. The minimum atomic E-state index is -0.970. The Morgan fingerprint density at radius 2 is 1.75 bits per heavy atom. The summed E-state index contributed by atoms with van der Waals surface area (Å²) < 4.78 is 15.8. The highest BCUT2D eigenvalue weighted by atomic mass is 16.5. The van der Waals surface area contributed by atoms with Gasteiger partial charge in [-0.15, -0.1) is 0 Å². The first kappa shape index (κ1) is 23.8. The zero-order chi connectivity index (χ0) is 20.9. The zero-order valence-corrected chi connectivity index (χ0v) is 17.3. The fraction of sp³-hybridized carbons (Fsp3) is 0.619. The summed E-state index contributed by atoms with van der Waals surface area (Å²) in [6.07, 6.45) is 1.11. The Bertz CT molecular complexity index is 585. The molecule has 1 aromatic carbocycles. The first-order chi connectivity index (χ1) is 13.4. The molecule has 0 aliphatic rings. The Hall–Kier alpha value is -2.28. The van der Waals surface area contributed by atoms with Crippen molar-refractivity contribution in [3.8, 4) is 5.75 Å². The predicted octanol–water partition coefficient (Wildman–Crippen LogP) is 3.60. The summed E-state index contributed by atoms with van der Waals surface area (Å²) in [6.45, 7) is 7.79. The largest absolute Gasteiger partial charge is 0.492 e. The molecular weight excluding hydrogens is 362 g/mol. The lowest BCUT2D eigenvalue weighted by Crippen LogP contribution is -2.38. The normalized spacial score (nSPS) is 11.9. The fourth-order valence-corrected chi connectivity index (χ4v) is 2.87.